The van der Waals surface area contributed by atoms with E-state index in [9.17, 15) is 13.6 Å². The number of imidazole rings is 1. The van der Waals surface area contributed by atoms with Gasteiger partial charge in [0.2, 0.25) is 0 Å². The zero-order valence-corrected chi connectivity index (χ0v) is 10.2. The van der Waals surface area contributed by atoms with Crippen molar-refractivity contribution < 1.29 is 8.78 Å². The SMILES string of the molecule is O=c1c(Cl)c(Cl)ncn1Cc1nccn1C(F)F. The predicted octanol–water partition coefficient (Wildman–Crippen LogP) is 2.19. The van der Waals surface area contributed by atoms with Gasteiger partial charge in [-0.05, 0) is 0 Å². The van der Waals surface area contributed by atoms with Crippen LogP contribution in [0.5, 0.6) is 0 Å². The van der Waals surface area contributed by atoms with E-state index < -0.39 is 12.1 Å². The second-order valence-electron chi connectivity index (χ2n) is 3.31. The second kappa shape index (κ2) is 5.03. The van der Waals surface area contributed by atoms with Crippen LogP contribution < -0.4 is 5.56 Å². The molecule has 18 heavy (non-hydrogen) atoms. The molecule has 0 saturated heterocycles. The molecule has 0 aliphatic carbocycles. The van der Waals surface area contributed by atoms with Crippen LogP contribution in [0.3, 0.4) is 0 Å². The number of aromatic nitrogens is 4. The van der Waals surface area contributed by atoms with Crippen molar-refractivity contribution in [2.24, 2.45) is 0 Å². The minimum Gasteiger partial charge on any atom is -0.290 e. The van der Waals surface area contributed by atoms with Crippen molar-refractivity contribution in [3.05, 3.63) is 45.1 Å². The fourth-order valence-electron chi connectivity index (χ4n) is 1.35. The molecule has 2 heterocycles. The van der Waals surface area contributed by atoms with Crippen molar-refractivity contribution in [2.75, 3.05) is 0 Å². The Morgan fingerprint density at radius 2 is 2.06 bits per heavy atom. The third-order valence-electron chi connectivity index (χ3n) is 2.21. The molecule has 0 N–H and O–H groups in total. The molecule has 0 aliphatic rings. The van der Waals surface area contributed by atoms with E-state index >= 15 is 0 Å². The molecule has 9 heteroatoms. The first-order chi connectivity index (χ1) is 8.50. The quantitative estimate of drug-likeness (QED) is 0.816. The van der Waals surface area contributed by atoms with E-state index in [1.807, 2.05) is 0 Å². The molecule has 5 nitrogen and oxygen atoms in total. The van der Waals surface area contributed by atoms with E-state index in [1.54, 1.807) is 0 Å². The van der Waals surface area contributed by atoms with E-state index in [1.165, 1.54) is 6.20 Å². The van der Waals surface area contributed by atoms with Crippen LogP contribution in [0.2, 0.25) is 10.2 Å². The first-order valence-electron chi connectivity index (χ1n) is 4.71. The molecule has 96 valence electrons. The molecule has 0 amide bonds. The summed E-state index contributed by atoms with van der Waals surface area (Å²) in [5.41, 5.74) is -0.611. The van der Waals surface area contributed by atoms with E-state index in [2.05, 4.69) is 9.97 Å². The van der Waals surface area contributed by atoms with Gasteiger partial charge in [0.25, 0.3) is 5.56 Å². The molecule has 0 bridgehead atoms. The van der Waals surface area contributed by atoms with Gasteiger partial charge in [-0.2, -0.15) is 8.78 Å². The van der Waals surface area contributed by atoms with E-state index in [-0.39, 0.29) is 22.5 Å². The molecule has 0 saturated carbocycles. The zero-order valence-electron chi connectivity index (χ0n) is 8.73. The fourth-order valence-corrected chi connectivity index (χ4v) is 1.63. The molecule has 0 spiro atoms. The van der Waals surface area contributed by atoms with Gasteiger partial charge in [0.05, 0.1) is 12.9 Å². The van der Waals surface area contributed by atoms with Crippen LogP contribution in [-0.4, -0.2) is 19.1 Å². The van der Waals surface area contributed by atoms with Crippen LogP contribution in [0, 0.1) is 0 Å². The Balaban J connectivity index is 2.38. The molecule has 0 aliphatic heterocycles. The Bertz CT molecular complexity index is 625. The lowest BCUT2D eigenvalue weighted by Gasteiger charge is -2.08. The summed E-state index contributed by atoms with van der Waals surface area (Å²) in [6.07, 6.45) is 3.47. The summed E-state index contributed by atoms with van der Waals surface area (Å²) in [5, 5.41) is -0.385. The predicted molar refractivity (Wildman–Crippen MR) is 61.1 cm³/mol. The Labute approximate surface area is 110 Å². The molecule has 0 atom stereocenters. The number of nitrogens with zero attached hydrogens (tertiary/aromatic N) is 4. The molecular formula is C9H6Cl2F2N4O. The molecule has 0 aromatic carbocycles. The largest absolute Gasteiger partial charge is 0.319 e. The maximum Gasteiger partial charge on any atom is 0.319 e. The van der Waals surface area contributed by atoms with Gasteiger partial charge in [-0.3, -0.25) is 13.9 Å². The van der Waals surface area contributed by atoms with Crippen molar-refractivity contribution in [2.45, 2.75) is 13.1 Å². The average Bonchev–Trinajstić information content (AvgIpc) is 2.78. The Hall–Kier alpha value is -1.47. The van der Waals surface area contributed by atoms with Crippen LogP contribution >= 0.6 is 23.2 Å². The second-order valence-corrected chi connectivity index (χ2v) is 4.05. The number of rotatable bonds is 3. The lowest BCUT2D eigenvalue weighted by Crippen LogP contribution is -2.23. The van der Waals surface area contributed by atoms with Gasteiger partial charge in [0, 0.05) is 12.4 Å². The lowest BCUT2D eigenvalue weighted by atomic mass is 10.5. The third-order valence-corrected chi connectivity index (χ3v) is 2.94. The summed E-state index contributed by atoms with van der Waals surface area (Å²) in [4.78, 5) is 19.1. The summed E-state index contributed by atoms with van der Waals surface area (Å²) in [6, 6.07) is 0. The Kier molecular flexibility index (Phi) is 3.63. The third kappa shape index (κ3) is 2.37. The van der Waals surface area contributed by atoms with Crippen LogP contribution in [0.1, 0.15) is 12.4 Å². The van der Waals surface area contributed by atoms with Gasteiger partial charge in [-0.15, -0.1) is 0 Å². The summed E-state index contributed by atoms with van der Waals surface area (Å²) >= 11 is 11.2. The van der Waals surface area contributed by atoms with E-state index in [4.69, 9.17) is 23.2 Å². The van der Waals surface area contributed by atoms with Crippen molar-refractivity contribution >= 4 is 23.2 Å². The monoisotopic (exact) mass is 294 g/mol. The first kappa shape index (κ1) is 13.0. The van der Waals surface area contributed by atoms with Crippen LogP contribution in [0.15, 0.2) is 23.5 Å². The maximum atomic E-state index is 12.6. The molecule has 0 unspecified atom stereocenters. The normalized spacial score (nSPS) is 11.2. The van der Waals surface area contributed by atoms with E-state index in [0.29, 0.717) is 4.57 Å². The zero-order chi connectivity index (χ0) is 13.3. The molecule has 2 aromatic rings. The highest BCUT2D eigenvalue weighted by molar-refractivity contribution is 6.40. The highest BCUT2D eigenvalue weighted by Crippen LogP contribution is 2.15. The highest BCUT2D eigenvalue weighted by atomic mass is 35.5. The van der Waals surface area contributed by atoms with Crippen LogP contribution in [0.25, 0.3) is 0 Å². The standard InChI is InChI=1S/C9H6Cl2F2N4O/c10-6-7(11)15-4-16(8(6)18)3-5-14-1-2-17(5)9(12)13/h1-2,4,9H,3H2. The smallest absolute Gasteiger partial charge is 0.290 e. The van der Waals surface area contributed by atoms with Crippen molar-refractivity contribution in [3.8, 4) is 0 Å². The van der Waals surface area contributed by atoms with Crippen molar-refractivity contribution in [3.63, 3.8) is 0 Å². The molecule has 2 aromatic heterocycles. The number of hydrogen-bond donors (Lipinski definition) is 0. The highest BCUT2D eigenvalue weighted by Gasteiger charge is 2.14. The number of alkyl halides is 2. The van der Waals surface area contributed by atoms with Gasteiger partial charge >= 0.3 is 6.55 Å². The summed E-state index contributed by atoms with van der Waals surface area (Å²) in [6.45, 7) is -2.89. The van der Waals surface area contributed by atoms with Gasteiger partial charge < -0.3 is 0 Å². The first-order valence-corrected chi connectivity index (χ1v) is 5.46. The van der Waals surface area contributed by atoms with Gasteiger partial charge in [-0.25, -0.2) is 9.97 Å². The molecular weight excluding hydrogens is 289 g/mol. The van der Waals surface area contributed by atoms with E-state index in [0.717, 1.165) is 17.1 Å². The summed E-state index contributed by atoms with van der Waals surface area (Å²) < 4.78 is 26.9. The average molecular weight is 295 g/mol. The summed E-state index contributed by atoms with van der Waals surface area (Å²) in [7, 11) is 0. The van der Waals surface area contributed by atoms with Crippen molar-refractivity contribution in [1.82, 2.24) is 19.1 Å². The minimum absolute atomic E-state index is 0.0206. The maximum absolute atomic E-state index is 12.6. The summed E-state index contributed by atoms with van der Waals surface area (Å²) in [5.74, 6) is 0.0206. The van der Waals surface area contributed by atoms with Crippen LogP contribution in [0.4, 0.5) is 8.78 Å². The molecule has 0 radical (unpaired) electrons. The van der Waals surface area contributed by atoms with Crippen molar-refractivity contribution in [1.29, 1.82) is 0 Å². The van der Waals surface area contributed by atoms with Gasteiger partial charge in [0.15, 0.2) is 5.15 Å². The molecule has 0 fully saturated rings. The number of hydrogen-bond acceptors (Lipinski definition) is 3. The fraction of sp³-hybridized carbons (Fsp3) is 0.222. The van der Waals surface area contributed by atoms with Crippen LogP contribution in [-0.2, 0) is 6.54 Å². The molecule has 2 rings (SSSR count). The van der Waals surface area contributed by atoms with Gasteiger partial charge in [0.1, 0.15) is 10.8 Å². The Morgan fingerprint density at radius 3 is 2.72 bits per heavy atom. The topological polar surface area (TPSA) is 52.7 Å². The lowest BCUT2D eigenvalue weighted by molar-refractivity contribution is 0.0666. The Morgan fingerprint density at radius 1 is 1.33 bits per heavy atom. The van der Waals surface area contributed by atoms with Gasteiger partial charge in [-0.1, -0.05) is 23.2 Å². The minimum atomic E-state index is -2.73. The number of halogens is 4.